The second-order valence-corrected chi connectivity index (χ2v) is 10.2. The highest BCUT2D eigenvalue weighted by molar-refractivity contribution is 6.05. The number of anilines is 2. The van der Waals surface area contributed by atoms with Crippen molar-refractivity contribution in [2.75, 3.05) is 50.7 Å². The molecular formula is C34H41N3O7. The van der Waals surface area contributed by atoms with Crippen LogP contribution in [0.1, 0.15) is 40.7 Å². The van der Waals surface area contributed by atoms with Gasteiger partial charge in [0.1, 0.15) is 0 Å². The molecule has 3 unspecified atom stereocenters. The maximum atomic E-state index is 13.3. The number of carbonyl (C=O) groups is 2. The van der Waals surface area contributed by atoms with E-state index in [1.54, 1.807) is 48.5 Å². The van der Waals surface area contributed by atoms with Crippen LogP contribution < -0.4 is 16.4 Å². The molecule has 0 saturated heterocycles. The molecule has 0 saturated carbocycles. The number of hydrogen-bond acceptors (Lipinski definition) is 8. The standard InChI is InChI=1S/C34H41N3O7/c1-2-43-34-27(16-18-41-20-21-42-19-17-38)28(25-8-4-3-5-9-25)22-31(44-34)33(40)36-23-24-12-14-26(15-13-24)32(39)37-30-11-7-6-10-29(30)35/h3-15,22,27-28,34,38H,2,16-21,23,35H2,1H3,(H,36,40)(H,37,39). The highest BCUT2D eigenvalue weighted by Crippen LogP contribution is 2.38. The van der Waals surface area contributed by atoms with E-state index in [0.717, 1.165) is 11.1 Å². The van der Waals surface area contributed by atoms with Crippen molar-refractivity contribution in [2.45, 2.75) is 32.1 Å². The van der Waals surface area contributed by atoms with Crippen LogP contribution in [0.15, 0.2) is 90.7 Å². The number of nitrogen functional groups attached to an aromatic ring is 1. The van der Waals surface area contributed by atoms with Crippen LogP contribution in [0.4, 0.5) is 11.4 Å². The third-order valence-corrected chi connectivity index (χ3v) is 7.21. The number of hydrogen-bond donors (Lipinski definition) is 4. The van der Waals surface area contributed by atoms with Crippen molar-refractivity contribution in [3.8, 4) is 0 Å². The SMILES string of the molecule is CCOC1OC(C(=O)NCc2ccc(C(=O)Nc3ccccc3N)cc2)=CC(c2ccccc2)C1CCOCCOCCO. The Kier molecular flexibility index (Phi) is 12.8. The largest absolute Gasteiger partial charge is 0.459 e. The predicted octanol–water partition coefficient (Wildman–Crippen LogP) is 4.23. The summed E-state index contributed by atoms with van der Waals surface area (Å²) >= 11 is 0. The molecule has 0 radical (unpaired) electrons. The van der Waals surface area contributed by atoms with E-state index in [0.29, 0.717) is 49.8 Å². The monoisotopic (exact) mass is 603 g/mol. The summed E-state index contributed by atoms with van der Waals surface area (Å²) in [5, 5.41) is 14.6. The molecule has 10 nitrogen and oxygen atoms in total. The molecule has 3 aromatic carbocycles. The maximum Gasteiger partial charge on any atom is 0.286 e. The molecule has 44 heavy (non-hydrogen) atoms. The van der Waals surface area contributed by atoms with Gasteiger partial charge < -0.3 is 40.4 Å². The van der Waals surface area contributed by atoms with Crippen molar-refractivity contribution in [1.29, 1.82) is 0 Å². The molecule has 0 aliphatic carbocycles. The van der Waals surface area contributed by atoms with Gasteiger partial charge in [-0.2, -0.15) is 0 Å². The molecule has 0 aromatic heterocycles. The van der Waals surface area contributed by atoms with Gasteiger partial charge in [0, 0.05) is 37.2 Å². The zero-order chi connectivity index (χ0) is 31.1. The third-order valence-electron chi connectivity index (χ3n) is 7.21. The van der Waals surface area contributed by atoms with E-state index in [1.165, 1.54) is 0 Å². The first-order valence-electron chi connectivity index (χ1n) is 14.8. The van der Waals surface area contributed by atoms with E-state index in [4.69, 9.17) is 29.8 Å². The van der Waals surface area contributed by atoms with Gasteiger partial charge in [0.25, 0.3) is 11.8 Å². The number of benzene rings is 3. The first-order chi connectivity index (χ1) is 21.5. The summed E-state index contributed by atoms with van der Waals surface area (Å²) in [6, 6.07) is 24.0. The summed E-state index contributed by atoms with van der Waals surface area (Å²) in [7, 11) is 0. The minimum absolute atomic E-state index is 0.0209. The summed E-state index contributed by atoms with van der Waals surface area (Å²) in [5.41, 5.74) is 9.31. The summed E-state index contributed by atoms with van der Waals surface area (Å²) in [6.45, 7) is 4.11. The van der Waals surface area contributed by atoms with E-state index < -0.39 is 6.29 Å². The smallest absolute Gasteiger partial charge is 0.286 e. The number of rotatable bonds is 16. The fourth-order valence-electron chi connectivity index (χ4n) is 4.95. The Balaban J connectivity index is 1.39. The van der Waals surface area contributed by atoms with Crippen LogP contribution in [0.5, 0.6) is 0 Å². The van der Waals surface area contributed by atoms with Crippen molar-refractivity contribution in [3.05, 3.63) is 107 Å². The molecule has 3 aromatic rings. The molecule has 0 fully saturated rings. The third kappa shape index (κ3) is 9.39. The van der Waals surface area contributed by atoms with Crippen molar-refractivity contribution in [3.63, 3.8) is 0 Å². The van der Waals surface area contributed by atoms with Crippen LogP contribution in [-0.4, -0.2) is 62.9 Å². The Morgan fingerprint density at radius 2 is 1.59 bits per heavy atom. The van der Waals surface area contributed by atoms with Gasteiger partial charge in [-0.15, -0.1) is 0 Å². The Hall–Kier alpha value is -4.22. The topological polar surface area (TPSA) is 141 Å². The number of carbonyl (C=O) groups excluding carboxylic acids is 2. The van der Waals surface area contributed by atoms with Gasteiger partial charge in [-0.1, -0.05) is 54.6 Å². The molecule has 3 atom stereocenters. The molecule has 1 aliphatic rings. The van der Waals surface area contributed by atoms with Crippen molar-refractivity contribution in [1.82, 2.24) is 5.32 Å². The fourth-order valence-corrected chi connectivity index (χ4v) is 4.95. The molecule has 1 aliphatic heterocycles. The van der Waals surface area contributed by atoms with Gasteiger partial charge in [0.2, 0.25) is 6.29 Å². The normalized spacial score (nSPS) is 17.8. The molecular weight excluding hydrogens is 562 g/mol. The summed E-state index contributed by atoms with van der Waals surface area (Å²) in [6.07, 6.45) is 1.87. The zero-order valence-corrected chi connectivity index (χ0v) is 24.9. The second kappa shape index (κ2) is 17.2. The van der Waals surface area contributed by atoms with E-state index >= 15 is 0 Å². The number of aliphatic hydroxyl groups is 1. The number of ether oxygens (including phenoxy) is 4. The summed E-state index contributed by atoms with van der Waals surface area (Å²) in [5.74, 6) is -0.649. The average Bonchev–Trinajstić information content (AvgIpc) is 3.05. The lowest BCUT2D eigenvalue weighted by atomic mass is 9.81. The number of allylic oxidation sites excluding steroid dienone is 1. The molecule has 4 rings (SSSR count). The Labute approximate surface area is 258 Å². The number of nitrogens with one attached hydrogen (secondary N) is 2. The Morgan fingerprint density at radius 3 is 2.30 bits per heavy atom. The lowest BCUT2D eigenvalue weighted by molar-refractivity contribution is -0.168. The first-order valence-corrected chi connectivity index (χ1v) is 14.8. The lowest BCUT2D eigenvalue weighted by Gasteiger charge is -2.37. The van der Waals surface area contributed by atoms with Gasteiger partial charge in [-0.3, -0.25) is 9.59 Å². The van der Waals surface area contributed by atoms with Crippen LogP contribution in [-0.2, 0) is 30.3 Å². The number of aliphatic hydroxyl groups excluding tert-OH is 1. The maximum absolute atomic E-state index is 13.3. The van der Waals surface area contributed by atoms with E-state index in [2.05, 4.69) is 10.6 Å². The van der Waals surface area contributed by atoms with Crippen LogP contribution >= 0.6 is 0 Å². The quantitative estimate of drug-likeness (QED) is 0.141. The molecule has 0 spiro atoms. The lowest BCUT2D eigenvalue weighted by Crippen LogP contribution is -2.39. The van der Waals surface area contributed by atoms with Crippen LogP contribution in [0, 0.1) is 5.92 Å². The Morgan fingerprint density at radius 1 is 0.886 bits per heavy atom. The summed E-state index contributed by atoms with van der Waals surface area (Å²) in [4.78, 5) is 26.0. The van der Waals surface area contributed by atoms with Gasteiger partial charge >= 0.3 is 0 Å². The molecule has 0 bridgehead atoms. The number of amides is 2. The highest BCUT2D eigenvalue weighted by Gasteiger charge is 2.38. The van der Waals surface area contributed by atoms with Gasteiger partial charge in [0.05, 0.1) is 37.8 Å². The van der Waals surface area contributed by atoms with E-state index in [9.17, 15) is 9.59 Å². The number of nitrogens with two attached hydrogens (primary N) is 1. The minimum atomic E-state index is -0.637. The summed E-state index contributed by atoms with van der Waals surface area (Å²) < 4.78 is 23.1. The van der Waals surface area contributed by atoms with Crippen LogP contribution in [0.25, 0.3) is 0 Å². The molecule has 2 amide bonds. The van der Waals surface area contributed by atoms with Crippen molar-refractivity contribution in [2.24, 2.45) is 5.92 Å². The van der Waals surface area contributed by atoms with E-state index in [1.807, 2.05) is 43.3 Å². The highest BCUT2D eigenvalue weighted by atomic mass is 16.7. The molecule has 1 heterocycles. The fraction of sp³-hybridized carbons (Fsp3) is 0.353. The molecule has 5 N–H and O–H groups in total. The molecule has 10 heteroatoms. The van der Waals surface area contributed by atoms with Gasteiger partial charge in [-0.05, 0) is 54.8 Å². The van der Waals surface area contributed by atoms with Gasteiger partial charge in [-0.25, -0.2) is 0 Å². The molecule has 234 valence electrons. The Bertz CT molecular complexity index is 1360. The van der Waals surface area contributed by atoms with Crippen molar-refractivity contribution < 1.29 is 33.6 Å². The average molecular weight is 604 g/mol. The first kappa shape index (κ1) is 32.7. The van der Waals surface area contributed by atoms with Crippen LogP contribution in [0.2, 0.25) is 0 Å². The minimum Gasteiger partial charge on any atom is -0.459 e. The van der Waals surface area contributed by atoms with Crippen LogP contribution in [0.3, 0.4) is 0 Å². The number of para-hydroxylation sites is 2. The van der Waals surface area contributed by atoms with E-state index in [-0.39, 0.29) is 49.2 Å². The predicted molar refractivity (Wildman–Crippen MR) is 168 cm³/mol. The van der Waals surface area contributed by atoms with Gasteiger partial charge in [0.15, 0.2) is 5.76 Å². The van der Waals surface area contributed by atoms with Crippen molar-refractivity contribution >= 4 is 23.2 Å². The zero-order valence-electron chi connectivity index (χ0n) is 24.9. The second-order valence-electron chi connectivity index (χ2n) is 10.2.